The van der Waals surface area contributed by atoms with E-state index in [1.807, 2.05) is 49.3 Å². The molecule has 0 heterocycles. The van der Waals surface area contributed by atoms with Crippen molar-refractivity contribution < 1.29 is 4.79 Å². The number of nitrogens with two attached hydrogens (primary N) is 1. The Morgan fingerprint density at radius 1 is 1.10 bits per heavy atom. The minimum absolute atomic E-state index is 0.153. The first-order chi connectivity index (χ1) is 9.58. The molecule has 0 spiro atoms. The summed E-state index contributed by atoms with van der Waals surface area (Å²) in [5.41, 5.74) is 8.97. The Balaban J connectivity index is 1.98. The summed E-state index contributed by atoms with van der Waals surface area (Å²) in [6.07, 6.45) is 0. The molecular weight excluding hydrogens is 250 g/mol. The highest BCUT2D eigenvalue weighted by Crippen LogP contribution is 2.13. The van der Waals surface area contributed by atoms with Gasteiger partial charge in [0.15, 0.2) is 0 Å². The molecule has 3 N–H and O–H groups in total. The van der Waals surface area contributed by atoms with Gasteiger partial charge in [-0.3, -0.25) is 4.79 Å². The summed E-state index contributed by atoms with van der Waals surface area (Å²) < 4.78 is 0. The van der Waals surface area contributed by atoms with Gasteiger partial charge in [-0.25, -0.2) is 0 Å². The number of carbonyl (C=O) groups is 1. The van der Waals surface area contributed by atoms with Crippen molar-refractivity contribution in [2.24, 2.45) is 0 Å². The van der Waals surface area contributed by atoms with Gasteiger partial charge in [-0.2, -0.15) is 0 Å². The number of anilines is 2. The number of carbonyl (C=O) groups excluding carboxylic acids is 1. The van der Waals surface area contributed by atoms with Gasteiger partial charge < -0.3 is 16.0 Å². The summed E-state index contributed by atoms with van der Waals surface area (Å²) in [6, 6.07) is 15.1. The minimum atomic E-state index is -0.153. The maximum Gasteiger partial charge on any atom is 0.253 e. The summed E-state index contributed by atoms with van der Waals surface area (Å²) in [5, 5.41) is 2.87. The average molecular weight is 269 g/mol. The van der Waals surface area contributed by atoms with E-state index < -0.39 is 0 Å². The molecule has 0 saturated heterocycles. The van der Waals surface area contributed by atoms with Crippen molar-refractivity contribution in [3.63, 3.8) is 0 Å². The number of benzene rings is 2. The Morgan fingerprint density at radius 3 is 2.35 bits per heavy atom. The highest BCUT2D eigenvalue weighted by molar-refractivity contribution is 5.98. The average Bonchev–Trinajstić information content (AvgIpc) is 2.45. The fourth-order valence-corrected chi connectivity index (χ4v) is 1.89. The Kier molecular flexibility index (Phi) is 4.25. The molecule has 0 bridgehead atoms. The van der Waals surface area contributed by atoms with Crippen LogP contribution in [0.15, 0.2) is 48.5 Å². The summed E-state index contributed by atoms with van der Waals surface area (Å²) >= 11 is 0. The van der Waals surface area contributed by atoms with Crippen LogP contribution in [0.2, 0.25) is 0 Å². The van der Waals surface area contributed by atoms with Crippen LogP contribution in [0.1, 0.15) is 15.9 Å². The number of rotatable bonds is 4. The maximum atomic E-state index is 12.0. The van der Waals surface area contributed by atoms with Crippen LogP contribution in [-0.2, 0) is 6.54 Å². The Morgan fingerprint density at radius 2 is 1.75 bits per heavy atom. The van der Waals surface area contributed by atoms with E-state index in [1.165, 1.54) is 0 Å². The Bertz CT molecular complexity index is 591. The van der Waals surface area contributed by atoms with Crippen LogP contribution in [-0.4, -0.2) is 20.0 Å². The number of hydrogen-bond acceptors (Lipinski definition) is 3. The van der Waals surface area contributed by atoms with E-state index in [-0.39, 0.29) is 5.91 Å². The van der Waals surface area contributed by atoms with Gasteiger partial charge in [-0.1, -0.05) is 24.3 Å². The van der Waals surface area contributed by atoms with Gasteiger partial charge in [0.1, 0.15) is 0 Å². The molecule has 0 radical (unpaired) electrons. The zero-order valence-corrected chi connectivity index (χ0v) is 11.8. The molecule has 2 aromatic carbocycles. The number of amides is 1. The maximum absolute atomic E-state index is 12.0. The lowest BCUT2D eigenvalue weighted by Crippen LogP contribution is -2.23. The van der Waals surface area contributed by atoms with Gasteiger partial charge in [0.25, 0.3) is 5.91 Å². The molecule has 0 aliphatic heterocycles. The van der Waals surface area contributed by atoms with Crippen molar-refractivity contribution in [1.29, 1.82) is 0 Å². The lowest BCUT2D eigenvalue weighted by Gasteiger charge is -2.13. The van der Waals surface area contributed by atoms with Crippen molar-refractivity contribution in [3.05, 3.63) is 59.7 Å². The third-order valence-electron chi connectivity index (χ3n) is 3.11. The molecule has 4 heteroatoms. The van der Waals surface area contributed by atoms with E-state index in [0.29, 0.717) is 17.8 Å². The second kappa shape index (κ2) is 6.10. The summed E-state index contributed by atoms with van der Waals surface area (Å²) in [4.78, 5) is 14.0. The van der Waals surface area contributed by atoms with E-state index >= 15 is 0 Å². The van der Waals surface area contributed by atoms with E-state index in [0.717, 1.165) is 11.3 Å². The smallest absolute Gasteiger partial charge is 0.253 e. The monoisotopic (exact) mass is 269 g/mol. The number of para-hydroxylation sites is 1. The standard InChI is InChI=1S/C16H19N3O/c1-19(2)13-9-7-12(8-10-13)11-18-16(20)14-5-3-4-6-15(14)17/h3-10H,11,17H2,1-2H3,(H,18,20). The summed E-state index contributed by atoms with van der Waals surface area (Å²) in [7, 11) is 3.99. The van der Waals surface area contributed by atoms with Crippen LogP contribution >= 0.6 is 0 Å². The number of nitrogens with one attached hydrogen (secondary N) is 1. The highest BCUT2D eigenvalue weighted by Gasteiger charge is 2.08. The van der Waals surface area contributed by atoms with Crippen LogP contribution < -0.4 is 16.0 Å². The molecule has 20 heavy (non-hydrogen) atoms. The quantitative estimate of drug-likeness (QED) is 0.837. The molecule has 104 valence electrons. The lowest BCUT2D eigenvalue weighted by molar-refractivity contribution is 0.0952. The van der Waals surface area contributed by atoms with Gasteiger partial charge in [0.2, 0.25) is 0 Å². The van der Waals surface area contributed by atoms with Gasteiger partial charge in [-0.15, -0.1) is 0 Å². The molecule has 0 fully saturated rings. The van der Waals surface area contributed by atoms with Gasteiger partial charge in [-0.05, 0) is 29.8 Å². The van der Waals surface area contributed by atoms with Gasteiger partial charge in [0, 0.05) is 32.0 Å². The lowest BCUT2D eigenvalue weighted by atomic mass is 10.1. The fraction of sp³-hybridized carbons (Fsp3) is 0.188. The van der Waals surface area contributed by atoms with Crippen LogP contribution in [0, 0.1) is 0 Å². The van der Waals surface area contributed by atoms with Crippen molar-refractivity contribution in [2.75, 3.05) is 24.7 Å². The normalized spacial score (nSPS) is 10.1. The third kappa shape index (κ3) is 3.29. The molecule has 0 aliphatic carbocycles. The van der Waals surface area contributed by atoms with Crippen LogP contribution in [0.25, 0.3) is 0 Å². The number of nitrogens with zero attached hydrogens (tertiary/aromatic N) is 1. The second-order valence-electron chi connectivity index (χ2n) is 4.83. The highest BCUT2D eigenvalue weighted by atomic mass is 16.1. The molecule has 2 aromatic rings. The topological polar surface area (TPSA) is 58.4 Å². The third-order valence-corrected chi connectivity index (χ3v) is 3.11. The van der Waals surface area contributed by atoms with E-state index in [9.17, 15) is 4.79 Å². The first kappa shape index (κ1) is 13.9. The molecular formula is C16H19N3O. The molecule has 0 atom stereocenters. The second-order valence-corrected chi connectivity index (χ2v) is 4.83. The number of nitrogen functional groups attached to an aromatic ring is 1. The Labute approximate surface area is 119 Å². The van der Waals surface area contributed by atoms with E-state index in [2.05, 4.69) is 5.32 Å². The molecule has 0 unspecified atom stereocenters. The molecule has 1 amide bonds. The zero-order chi connectivity index (χ0) is 14.5. The first-order valence-corrected chi connectivity index (χ1v) is 6.47. The predicted molar refractivity (Wildman–Crippen MR) is 82.8 cm³/mol. The first-order valence-electron chi connectivity index (χ1n) is 6.47. The molecule has 0 aliphatic rings. The summed E-state index contributed by atoms with van der Waals surface area (Å²) in [5.74, 6) is -0.153. The summed E-state index contributed by atoms with van der Waals surface area (Å²) in [6.45, 7) is 0.487. The largest absolute Gasteiger partial charge is 0.398 e. The molecule has 4 nitrogen and oxygen atoms in total. The van der Waals surface area contributed by atoms with E-state index in [1.54, 1.807) is 18.2 Å². The van der Waals surface area contributed by atoms with Gasteiger partial charge >= 0.3 is 0 Å². The minimum Gasteiger partial charge on any atom is -0.398 e. The van der Waals surface area contributed by atoms with Crippen LogP contribution in [0.3, 0.4) is 0 Å². The van der Waals surface area contributed by atoms with Crippen molar-refractivity contribution in [2.45, 2.75) is 6.54 Å². The molecule has 0 saturated carbocycles. The van der Waals surface area contributed by atoms with Gasteiger partial charge in [0.05, 0.1) is 5.56 Å². The zero-order valence-electron chi connectivity index (χ0n) is 11.8. The van der Waals surface area contributed by atoms with Crippen LogP contribution in [0.4, 0.5) is 11.4 Å². The fourth-order valence-electron chi connectivity index (χ4n) is 1.89. The number of hydrogen-bond donors (Lipinski definition) is 2. The Hall–Kier alpha value is -2.49. The SMILES string of the molecule is CN(C)c1ccc(CNC(=O)c2ccccc2N)cc1. The van der Waals surface area contributed by atoms with Crippen molar-refractivity contribution in [1.82, 2.24) is 5.32 Å². The van der Waals surface area contributed by atoms with Crippen molar-refractivity contribution in [3.8, 4) is 0 Å². The molecule has 0 aromatic heterocycles. The van der Waals surface area contributed by atoms with Crippen LogP contribution in [0.5, 0.6) is 0 Å². The van der Waals surface area contributed by atoms with Crippen molar-refractivity contribution >= 4 is 17.3 Å². The predicted octanol–water partition coefficient (Wildman–Crippen LogP) is 2.26. The molecule has 2 rings (SSSR count). The van der Waals surface area contributed by atoms with E-state index in [4.69, 9.17) is 5.73 Å².